The van der Waals surface area contributed by atoms with Crippen LogP contribution in [-0.4, -0.2) is 57.7 Å². The average molecular weight is 390 g/mol. The van der Waals surface area contributed by atoms with Crippen molar-refractivity contribution in [1.82, 2.24) is 10.2 Å². The summed E-state index contributed by atoms with van der Waals surface area (Å²) in [6.07, 6.45) is 0. The van der Waals surface area contributed by atoms with Gasteiger partial charge in [0.05, 0.1) is 27.3 Å². The highest BCUT2D eigenvalue weighted by molar-refractivity contribution is 5.97. The second-order valence-corrected chi connectivity index (χ2v) is 5.87. The lowest BCUT2D eigenvalue weighted by molar-refractivity contribution is -0.129. The highest BCUT2D eigenvalue weighted by Crippen LogP contribution is 2.27. The minimum atomic E-state index is -0.398. The van der Waals surface area contributed by atoms with E-state index in [-0.39, 0.29) is 24.9 Å². The molecule has 2 aromatic carbocycles. The third-order valence-electron chi connectivity index (χ3n) is 3.98. The van der Waals surface area contributed by atoms with Crippen molar-refractivity contribution in [3.05, 3.63) is 53.8 Å². The molecule has 0 aromatic heterocycles. The highest BCUT2D eigenvalue weighted by Gasteiger charge is 2.14. The molecule has 150 valence electrons. The van der Waals surface area contributed by atoms with Crippen molar-refractivity contribution in [2.75, 3.05) is 41.0 Å². The number of hydrogen-bond acceptors (Lipinski definition) is 5. The number of nitrogens with one attached hydrogen (secondary N) is 1. The maximum Gasteiger partial charge on any atom is 0.251 e. The van der Waals surface area contributed by atoms with Gasteiger partial charge in [-0.1, -0.05) is 0 Å². The Morgan fingerprint density at radius 1 is 1.04 bits per heavy atom. The van der Waals surface area contributed by atoms with Crippen molar-refractivity contribution in [1.29, 1.82) is 0 Å². The third kappa shape index (κ3) is 5.87. The van der Waals surface area contributed by atoms with Crippen LogP contribution in [0.3, 0.4) is 0 Å². The van der Waals surface area contributed by atoms with E-state index in [9.17, 15) is 14.0 Å². The molecule has 1 N–H and O–H groups in total. The summed E-state index contributed by atoms with van der Waals surface area (Å²) in [7, 11) is 4.59. The van der Waals surface area contributed by atoms with Gasteiger partial charge in [-0.3, -0.25) is 9.59 Å². The molecule has 8 heteroatoms. The minimum Gasteiger partial charge on any atom is -0.493 e. The van der Waals surface area contributed by atoms with E-state index in [1.54, 1.807) is 25.2 Å². The summed E-state index contributed by atoms with van der Waals surface area (Å²) in [5, 5.41) is 2.57. The smallest absolute Gasteiger partial charge is 0.251 e. The van der Waals surface area contributed by atoms with Crippen LogP contribution in [0.25, 0.3) is 0 Å². The number of hydrogen-bond donors (Lipinski definition) is 1. The van der Waals surface area contributed by atoms with Gasteiger partial charge in [-0.15, -0.1) is 0 Å². The first-order valence-corrected chi connectivity index (χ1v) is 8.57. The predicted molar refractivity (Wildman–Crippen MR) is 101 cm³/mol. The Labute approximate surface area is 163 Å². The van der Waals surface area contributed by atoms with Crippen LogP contribution < -0.4 is 19.5 Å². The summed E-state index contributed by atoms with van der Waals surface area (Å²) in [6, 6.07) is 10.4. The molecule has 0 spiro atoms. The Hall–Kier alpha value is -3.29. The van der Waals surface area contributed by atoms with E-state index in [0.29, 0.717) is 29.4 Å². The largest absolute Gasteiger partial charge is 0.493 e. The quantitative estimate of drug-likeness (QED) is 0.710. The molecule has 28 heavy (non-hydrogen) atoms. The average Bonchev–Trinajstić information content (AvgIpc) is 2.72. The molecule has 0 aliphatic rings. The molecule has 0 saturated carbocycles. The van der Waals surface area contributed by atoms with Gasteiger partial charge < -0.3 is 24.4 Å². The number of amides is 2. The van der Waals surface area contributed by atoms with Gasteiger partial charge >= 0.3 is 0 Å². The fraction of sp³-hybridized carbons (Fsp3) is 0.300. The summed E-state index contributed by atoms with van der Waals surface area (Å²) in [5.74, 6) is 0.447. The maximum atomic E-state index is 12.8. The van der Waals surface area contributed by atoms with E-state index in [0.717, 1.165) is 0 Å². The third-order valence-corrected chi connectivity index (χ3v) is 3.98. The fourth-order valence-electron chi connectivity index (χ4n) is 2.33. The van der Waals surface area contributed by atoms with Crippen molar-refractivity contribution < 1.29 is 28.2 Å². The maximum absolute atomic E-state index is 12.8. The number of ether oxygens (including phenoxy) is 3. The Morgan fingerprint density at radius 3 is 2.36 bits per heavy atom. The van der Waals surface area contributed by atoms with Gasteiger partial charge in [0.1, 0.15) is 18.2 Å². The molecule has 0 aliphatic heterocycles. The number of halogens is 1. The minimum absolute atomic E-state index is 0.153. The van der Waals surface area contributed by atoms with Gasteiger partial charge in [-0.25, -0.2) is 4.39 Å². The molecular formula is C20H23FN2O5. The van der Waals surface area contributed by atoms with Crippen molar-refractivity contribution in [3.8, 4) is 17.2 Å². The van der Waals surface area contributed by atoms with Crippen molar-refractivity contribution in [3.63, 3.8) is 0 Å². The summed E-state index contributed by atoms with van der Waals surface area (Å²) < 4.78 is 28.6. The van der Waals surface area contributed by atoms with Gasteiger partial charge in [0.2, 0.25) is 5.91 Å². The molecule has 0 atom stereocenters. The lowest BCUT2D eigenvalue weighted by Gasteiger charge is -2.18. The van der Waals surface area contributed by atoms with Crippen LogP contribution in [-0.2, 0) is 4.79 Å². The first-order chi connectivity index (χ1) is 13.4. The van der Waals surface area contributed by atoms with Crippen LogP contribution in [0.1, 0.15) is 10.4 Å². The predicted octanol–water partition coefficient (Wildman–Crippen LogP) is 2.11. The molecule has 7 nitrogen and oxygen atoms in total. The lowest BCUT2D eigenvalue weighted by atomic mass is 10.2. The number of benzene rings is 2. The number of methoxy groups -OCH3 is 2. The second kappa shape index (κ2) is 10.1. The monoisotopic (exact) mass is 390 g/mol. The first-order valence-electron chi connectivity index (χ1n) is 8.57. The molecule has 0 heterocycles. The number of rotatable bonds is 9. The SMILES string of the molecule is COc1ccc(C(=O)NCC(=O)N(C)CCOc2ccc(F)cc2)cc1OC. The molecule has 0 aliphatic carbocycles. The topological polar surface area (TPSA) is 77.1 Å². The van der Waals surface area contributed by atoms with Gasteiger partial charge in [0.15, 0.2) is 11.5 Å². The normalized spacial score (nSPS) is 10.1. The first kappa shape index (κ1) is 21.0. The molecule has 2 aromatic rings. The zero-order chi connectivity index (χ0) is 20.5. The van der Waals surface area contributed by atoms with E-state index >= 15 is 0 Å². The van der Waals surface area contributed by atoms with Crippen molar-refractivity contribution in [2.45, 2.75) is 0 Å². The van der Waals surface area contributed by atoms with E-state index in [1.807, 2.05) is 0 Å². The highest BCUT2D eigenvalue weighted by atomic mass is 19.1. The van der Waals surface area contributed by atoms with Crippen LogP contribution in [0.2, 0.25) is 0 Å². The molecule has 0 bridgehead atoms. The summed E-state index contributed by atoms with van der Waals surface area (Å²) in [4.78, 5) is 25.8. The van der Waals surface area contributed by atoms with E-state index in [4.69, 9.17) is 14.2 Å². The number of carbonyl (C=O) groups is 2. The van der Waals surface area contributed by atoms with Crippen LogP contribution in [0.5, 0.6) is 17.2 Å². The Bertz CT molecular complexity index is 811. The number of nitrogens with zero attached hydrogens (tertiary/aromatic N) is 1. The molecule has 0 unspecified atom stereocenters. The zero-order valence-corrected chi connectivity index (χ0v) is 16.0. The number of carbonyl (C=O) groups excluding carboxylic acids is 2. The molecule has 0 radical (unpaired) electrons. The fourth-order valence-corrected chi connectivity index (χ4v) is 2.33. The Morgan fingerprint density at radius 2 is 1.71 bits per heavy atom. The van der Waals surface area contributed by atoms with Crippen LogP contribution in [0, 0.1) is 5.82 Å². The second-order valence-electron chi connectivity index (χ2n) is 5.87. The van der Waals surface area contributed by atoms with E-state index < -0.39 is 5.91 Å². The molecule has 0 fully saturated rings. The van der Waals surface area contributed by atoms with Gasteiger partial charge in [0, 0.05) is 12.6 Å². The van der Waals surface area contributed by atoms with Gasteiger partial charge in [-0.2, -0.15) is 0 Å². The number of likely N-dealkylation sites (N-methyl/N-ethyl adjacent to an activating group) is 1. The molecule has 0 saturated heterocycles. The van der Waals surface area contributed by atoms with Crippen molar-refractivity contribution in [2.24, 2.45) is 0 Å². The summed E-state index contributed by atoms with van der Waals surface area (Å²) in [6.45, 7) is 0.417. The van der Waals surface area contributed by atoms with Gasteiger partial charge in [0.25, 0.3) is 5.91 Å². The Balaban J connectivity index is 1.78. The summed E-state index contributed by atoms with van der Waals surface area (Å²) in [5.41, 5.74) is 0.354. The van der Waals surface area contributed by atoms with Crippen LogP contribution >= 0.6 is 0 Å². The lowest BCUT2D eigenvalue weighted by Crippen LogP contribution is -2.39. The molecular weight excluding hydrogens is 367 g/mol. The van der Waals surface area contributed by atoms with Crippen molar-refractivity contribution >= 4 is 11.8 Å². The zero-order valence-electron chi connectivity index (χ0n) is 16.0. The van der Waals surface area contributed by atoms with Crippen LogP contribution in [0.15, 0.2) is 42.5 Å². The molecule has 2 rings (SSSR count). The standard InChI is InChI=1S/C20H23FN2O5/c1-23(10-11-28-16-7-5-15(21)6-8-16)19(24)13-22-20(25)14-4-9-17(26-2)18(12-14)27-3/h4-9,12H,10-11,13H2,1-3H3,(H,22,25). The Kier molecular flexibility index (Phi) is 7.62. The van der Waals surface area contributed by atoms with E-state index in [1.165, 1.54) is 43.4 Å². The molecule has 2 amide bonds. The van der Waals surface area contributed by atoms with Crippen LogP contribution in [0.4, 0.5) is 4.39 Å². The van der Waals surface area contributed by atoms with E-state index in [2.05, 4.69) is 5.32 Å². The van der Waals surface area contributed by atoms with Gasteiger partial charge in [-0.05, 0) is 42.5 Å². The summed E-state index contributed by atoms with van der Waals surface area (Å²) >= 11 is 0.